The molecule has 2 aliphatic heterocycles. The van der Waals surface area contributed by atoms with Crippen molar-refractivity contribution in [1.82, 2.24) is 10.2 Å². The Morgan fingerprint density at radius 2 is 1.85 bits per heavy atom. The number of fused-ring (bicyclic) bond motifs is 3. The second-order valence-corrected chi connectivity index (χ2v) is 10.1. The van der Waals surface area contributed by atoms with Gasteiger partial charge in [0.15, 0.2) is 0 Å². The van der Waals surface area contributed by atoms with Crippen molar-refractivity contribution in [2.45, 2.75) is 39.0 Å². The van der Waals surface area contributed by atoms with Gasteiger partial charge in [-0.05, 0) is 67.8 Å². The summed E-state index contributed by atoms with van der Waals surface area (Å²) in [7, 11) is 0. The molecule has 0 spiro atoms. The Hall–Kier alpha value is -2.87. The van der Waals surface area contributed by atoms with E-state index in [1.165, 1.54) is 10.4 Å². The van der Waals surface area contributed by atoms with Gasteiger partial charge in [-0.2, -0.15) is 0 Å². The zero-order valence-electron chi connectivity index (χ0n) is 18.4. The maximum absolute atomic E-state index is 13.0. The number of rotatable bonds is 4. The molecule has 1 unspecified atom stereocenters. The lowest BCUT2D eigenvalue weighted by molar-refractivity contribution is 0.0734. The number of halogens is 1. The molecule has 0 aliphatic carbocycles. The summed E-state index contributed by atoms with van der Waals surface area (Å²) in [4.78, 5) is 29.0. The Bertz CT molecular complexity index is 1200. The van der Waals surface area contributed by atoms with Gasteiger partial charge in [0.2, 0.25) is 0 Å². The van der Waals surface area contributed by atoms with E-state index in [2.05, 4.69) is 29.4 Å². The van der Waals surface area contributed by atoms with Crippen LogP contribution in [0.2, 0.25) is 5.02 Å². The Labute approximate surface area is 201 Å². The Morgan fingerprint density at radius 1 is 1.12 bits per heavy atom. The molecule has 1 amide bonds. The number of benzene rings is 2. The van der Waals surface area contributed by atoms with Crippen LogP contribution in [0.1, 0.15) is 56.7 Å². The third-order valence-electron chi connectivity index (χ3n) is 6.10. The molecule has 2 aliphatic rings. The van der Waals surface area contributed by atoms with Crippen molar-refractivity contribution in [3.8, 4) is 5.75 Å². The van der Waals surface area contributed by atoms with Crippen LogP contribution in [0.3, 0.4) is 0 Å². The largest absolute Gasteiger partial charge is 0.423 e. The van der Waals surface area contributed by atoms with Gasteiger partial charge in [-0.25, -0.2) is 4.79 Å². The van der Waals surface area contributed by atoms with E-state index in [9.17, 15) is 9.59 Å². The summed E-state index contributed by atoms with van der Waals surface area (Å²) in [6, 6.07) is 14.2. The zero-order chi connectivity index (χ0) is 23.1. The number of hydrogen-bond donors (Lipinski definition) is 2. The number of esters is 1. The first-order valence-corrected chi connectivity index (χ1v) is 12.1. The first-order chi connectivity index (χ1) is 15.9. The van der Waals surface area contributed by atoms with Crippen molar-refractivity contribution in [2.24, 2.45) is 0 Å². The molecule has 0 saturated carbocycles. The van der Waals surface area contributed by atoms with Crippen LogP contribution in [0.25, 0.3) is 0 Å². The van der Waals surface area contributed by atoms with Gasteiger partial charge in [-0.1, -0.05) is 23.7 Å². The summed E-state index contributed by atoms with van der Waals surface area (Å²) in [6.45, 7) is 6.27. The molecule has 0 saturated heterocycles. The van der Waals surface area contributed by atoms with E-state index < -0.39 is 5.97 Å². The molecule has 170 valence electrons. The third kappa shape index (κ3) is 4.36. The highest BCUT2D eigenvalue weighted by molar-refractivity contribution is 7.16. The highest BCUT2D eigenvalue weighted by Gasteiger charge is 2.33. The average molecular weight is 482 g/mol. The minimum Gasteiger partial charge on any atom is -0.423 e. The maximum atomic E-state index is 13.0. The predicted octanol–water partition coefficient (Wildman–Crippen LogP) is 5.24. The summed E-state index contributed by atoms with van der Waals surface area (Å²) in [5.41, 5.74) is 3.29. The summed E-state index contributed by atoms with van der Waals surface area (Å²) in [6.07, 6.45) is 0.555. The third-order valence-corrected chi connectivity index (χ3v) is 7.50. The van der Waals surface area contributed by atoms with Crippen molar-refractivity contribution in [3.63, 3.8) is 0 Å². The number of anilines is 1. The van der Waals surface area contributed by atoms with Crippen LogP contribution in [0.5, 0.6) is 5.75 Å². The summed E-state index contributed by atoms with van der Waals surface area (Å²) in [5.74, 6) is -0.0582. The number of nitrogens with zero attached hydrogens (tertiary/aromatic N) is 1. The lowest BCUT2D eigenvalue weighted by Crippen LogP contribution is -2.39. The summed E-state index contributed by atoms with van der Waals surface area (Å²) in [5, 5.41) is 8.05. The van der Waals surface area contributed by atoms with E-state index in [1.54, 1.807) is 47.7 Å². The molecule has 0 bridgehead atoms. The molecule has 2 aromatic carbocycles. The Morgan fingerprint density at radius 3 is 2.55 bits per heavy atom. The molecule has 5 rings (SSSR count). The highest BCUT2D eigenvalue weighted by Crippen LogP contribution is 2.41. The number of nitrogens with one attached hydrogen (secondary N) is 2. The number of ether oxygens (including phenoxy) is 1. The van der Waals surface area contributed by atoms with E-state index >= 15 is 0 Å². The normalized spacial score (nSPS) is 17.7. The zero-order valence-corrected chi connectivity index (χ0v) is 19.9. The maximum Gasteiger partial charge on any atom is 0.343 e. The van der Waals surface area contributed by atoms with E-state index in [0.717, 1.165) is 35.6 Å². The quantitative estimate of drug-likeness (QED) is 0.394. The minimum atomic E-state index is -0.451. The fraction of sp³-hybridized carbons (Fsp3) is 0.280. The van der Waals surface area contributed by atoms with Crippen molar-refractivity contribution in [2.75, 3.05) is 11.9 Å². The fourth-order valence-electron chi connectivity index (χ4n) is 4.22. The lowest BCUT2D eigenvalue weighted by Gasteiger charge is -2.31. The number of hydrogen-bond acceptors (Lipinski definition) is 6. The second-order valence-electron chi connectivity index (χ2n) is 8.54. The topological polar surface area (TPSA) is 70.7 Å². The number of thiophene rings is 1. The first-order valence-electron chi connectivity index (χ1n) is 10.9. The molecule has 0 radical (unpaired) electrons. The smallest absolute Gasteiger partial charge is 0.343 e. The van der Waals surface area contributed by atoms with E-state index in [1.807, 2.05) is 12.1 Å². The van der Waals surface area contributed by atoms with Crippen LogP contribution in [-0.4, -0.2) is 29.4 Å². The van der Waals surface area contributed by atoms with Crippen molar-refractivity contribution >= 4 is 39.8 Å². The van der Waals surface area contributed by atoms with Gasteiger partial charge in [-0.15, -0.1) is 11.3 Å². The van der Waals surface area contributed by atoms with Gasteiger partial charge in [0, 0.05) is 29.0 Å². The Kier molecular flexibility index (Phi) is 5.86. The lowest BCUT2D eigenvalue weighted by atomic mass is 9.99. The van der Waals surface area contributed by atoms with E-state index in [-0.39, 0.29) is 12.1 Å². The van der Waals surface area contributed by atoms with Crippen molar-refractivity contribution < 1.29 is 14.3 Å². The standard InChI is InChI=1S/C25H24ClN3O3S/c1-14(2)29-12-11-19-20(13-29)33-24-21(19)23(30)27-22(28-24)15-5-9-18(10-6-15)32-25(31)16-3-7-17(26)8-4-16/h3-10,14,22,28H,11-13H2,1-2H3,(H,27,30). The van der Waals surface area contributed by atoms with Crippen LogP contribution in [0.15, 0.2) is 48.5 Å². The molecule has 0 fully saturated rings. The highest BCUT2D eigenvalue weighted by atomic mass is 35.5. The van der Waals surface area contributed by atoms with Gasteiger partial charge >= 0.3 is 5.97 Å². The molecule has 3 aromatic rings. The average Bonchev–Trinajstić information content (AvgIpc) is 3.18. The summed E-state index contributed by atoms with van der Waals surface area (Å²) >= 11 is 7.55. The molecule has 1 aromatic heterocycles. The van der Waals surface area contributed by atoms with Crippen LogP contribution >= 0.6 is 22.9 Å². The van der Waals surface area contributed by atoms with Crippen LogP contribution in [0, 0.1) is 0 Å². The van der Waals surface area contributed by atoms with Crippen LogP contribution in [-0.2, 0) is 13.0 Å². The van der Waals surface area contributed by atoms with E-state index in [0.29, 0.717) is 22.4 Å². The SMILES string of the molecule is CC(C)N1CCc2c(sc3c2C(=O)NC(c2ccc(OC(=O)c4ccc(Cl)cc4)cc2)N3)C1. The Balaban J connectivity index is 1.30. The molecule has 33 heavy (non-hydrogen) atoms. The van der Waals surface area contributed by atoms with Gasteiger partial charge < -0.3 is 15.4 Å². The van der Waals surface area contributed by atoms with Gasteiger partial charge in [0.25, 0.3) is 5.91 Å². The molecule has 8 heteroatoms. The molecule has 6 nitrogen and oxygen atoms in total. The van der Waals surface area contributed by atoms with Gasteiger partial charge in [-0.3, -0.25) is 9.69 Å². The molecular weight excluding hydrogens is 458 g/mol. The monoisotopic (exact) mass is 481 g/mol. The van der Waals surface area contributed by atoms with Gasteiger partial charge in [0.1, 0.15) is 16.9 Å². The van der Waals surface area contributed by atoms with Gasteiger partial charge in [0.05, 0.1) is 11.1 Å². The minimum absolute atomic E-state index is 0.0394. The van der Waals surface area contributed by atoms with Crippen LogP contribution < -0.4 is 15.4 Å². The molecule has 2 N–H and O–H groups in total. The molecule has 3 heterocycles. The molecule has 1 atom stereocenters. The number of amides is 1. The second kappa shape index (κ2) is 8.82. The summed E-state index contributed by atoms with van der Waals surface area (Å²) < 4.78 is 5.45. The number of carbonyl (C=O) groups excluding carboxylic acids is 2. The first kappa shape index (κ1) is 21.9. The number of carbonyl (C=O) groups is 2. The molecular formula is C25H24ClN3O3S. The van der Waals surface area contributed by atoms with Crippen molar-refractivity contribution in [1.29, 1.82) is 0 Å². The van der Waals surface area contributed by atoms with Crippen LogP contribution in [0.4, 0.5) is 5.00 Å². The van der Waals surface area contributed by atoms with E-state index in [4.69, 9.17) is 16.3 Å². The fourth-order valence-corrected chi connectivity index (χ4v) is 5.65. The van der Waals surface area contributed by atoms with Crippen molar-refractivity contribution in [3.05, 3.63) is 80.7 Å². The predicted molar refractivity (Wildman–Crippen MR) is 130 cm³/mol.